The Balaban J connectivity index is 0. The van der Waals surface area contributed by atoms with E-state index in [9.17, 15) is 4.79 Å². The molecule has 1 N–H and O–H groups in total. The first-order chi connectivity index (χ1) is 3.41. The summed E-state index contributed by atoms with van der Waals surface area (Å²) in [7, 11) is 0. The molecular weight excluding hydrogens is 179 g/mol. The average molecular weight is 189 g/mol. The second-order valence-corrected chi connectivity index (χ2v) is 1.41. The Morgan fingerprint density at radius 3 is 2.38 bits per heavy atom. The quantitative estimate of drug-likeness (QED) is 0.486. The zero-order valence-corrected chi connectivity index (χ0v) is 7.73. The van der Waals surface area contributed by atoms with Gasteiger partial charge in [-0.25, -0.2) is 0 Å². The van der Waals surface area contributed by atoms with Crippen molar-refractivity contribution < 1.29 is 37.5 Å². The van der Waals surface area contributed by atoms with E-state index in [4.69, 9.17) is 5.73 Å². The first-order valence-electron chi connectivity index (χ1n) is 2.50. The van der Waals surface area contributed by atoms with Crippen LogP contribution in [0, 0.1) is 0 Å². The number of nitrogens with one attached hydrogen (secondary N) is 1. The van der Waals surface area contributed by atoms with Crippen LogP contribution in [0.1, 0.15) is 19.3 Å². The van der Waals surface area contributed by atoms with Crippen molar-refractivity contribution >= 4 is 6.29 Å². The van der Waals surface area contributed by atoms with Crippen molar-refractivity contribution in [3.8, 4) is 0 Å². The maximum absolute atomic E-state index is 9.62. The molecule has 0 bridgehead atoms. The van der Waals surface area contributed by atoms with E-state index in [1.54, 1.807) is 0 Å². The zero-order chi connectivity index (χ0) is 5.54. The molecule has 8 heavy (non-hydrogen) atoms. The van der Waals surface area contributed by atoms with Gasteiger partial charge in [-0.05, 0) is 6.42 Å². The van der Waals surface area contributed by atoms with Crippen LogP contribution in [0.25, 0.3) is 5.73 Å². The van der Waals surface area contributed by atoms with Crippen molar-refractivity contribution in [3.05, 3.63) is 5.73 Å². The standard InChI is InChI=1S/C5H10NO.Y/c6-4-2-1-3-5-7;/h5-6H,1-4H2;/q-1;. The summed E-state index contributed by atoms with van der Waals surface area (Å²) in [4.78, 5) is 9.62. The fourth-order valence-electron chi connectivity index (χ4n) is 0.353. The van der Waals surface area contributed by atoms with Gasteiger partial charge in [0.05, 0.1) is 0 Å². The smallest absolute Gasteiger partial charge is 0.119 e. The molecular formula is C5H10NOY-. The summed E-state index contributed by atoms with van der Waals surface area (Å²) in [5.74, 6) is 0. The van der Waals surface area contributed by atoms with Gasteiger partial charge in [0.1, 0.15) is 6.29 Å². The van der Waals surface area contributed by atoms with Crippen LogP contribution in [0.4, 0.5) is 0 Å². The van der Waals surface area contributed by atoms with Crippen LogP contribution in [-0.4, -0.2) is 12.8 Å². The SMILES string of the molecule is [NH-]CCCCC=O.[Y]. The summed E-state index contributed by atoms with van der Waals surface area (Å²) in [5, 5.41) is 0. The molecule has 0 aliphatic heterocycles. The third kappa shape index (κ3) is 9.88. The largest absolute Gasteiger partial charge is 0.677 e. The minimum absolute atomic E-state index is 0. The van der Waals surface area contributed by atoms with E-state index in [1.165, 1.54) is 0 Å². The van der Waals surface area contributed by atoms with E-state index in [2.05, 4.69) is 0 Å². The molecule has 1 radical (unpaired) electrons. The number of aldehydes is 1. The molecule has 2 nitrogen and oxygen atoms in total. The summed E-state index contributed by atoms with van der Waals surface area (Å²) in [6.07, 6.45) is 3.26. The third-order valence-corrected chi connectivity index (χ3v) is 0.749. The van der Waals surface area contributed by atoms with Crippen molar-refractivity contribution in [1.29, 1.82) is 0 Å². The fourth-order valence-corrected chi connectivity index (χ4v) is 0.353. The van der Waals surface area contributed by atoms with Gasteiger partial charge in [0.2, 0.25) is 0 Å². The Bertz CT molecular complexity index is 49.7. The molecule has 0 rings (SSSR count). The van der Waals surface area contributed by atoms with Crippen LogP contribution in [-0.2, 0) is 37.5 Å². The molecule has 0 aromatic rings. The van der Waals surface area contributed by atoms with Crippen molar-refractivity contribution in [3.63, 3.8) is 0 Å². The van der Waals surface area contributed by atoms with Crippen LogP contribution >= 0.6 is 0 Å². The van der Waals surface area contributed by atoms with Crippen LogP contribution in [0.2, 0.25) is 0 Å². The normalized spacial score (nSPS) is 7.62. The Morgan fingerprint density at radius 1 is 1.38 bits per heavy atom. The van der Waals surface area contributed by atoms with E-state index >= 15 is 0 Å². The number of unbranched alkanes of at least 4 members (excludes halogenated alkanes) is 2. The summed E-state index contributed by atoms with van der Waals surface area (Å²) >= 11 is 0. The number of rotatable bonds is 4. The molecule has 45 valence electrons. The van der Waals surface area contributed by atoms with Gasteiger partial charge < -0.3 is 10.5 Å². The average Bonchev–Trinajstić information content (AvgIpc) is 1.69. The predicted molar refractivity (Wildman–Crippen MR) is 29.1 cm³/mol. The maximum atomic E-state index is 9.62. The molecule has 0 heterocycles. The van der Waals surface area contributed by atoms with Crippen LogP contribution < -0.4 is 0 Å². The Morgan fingerprint density at radius 2 is 2.00 bits per heavy atom. The van der Waals surface area contributed by atoms with Crippen molar-refractivity contribution in [2.75, 3.05) is 6.54 Å². The Kier molecular flexibility index (Phi) is 15.4. The van der Waals surface area contributed by atoms with E-state index < -0.39 is 0 Å². The second-order valence-electron chi connectivity index (χ2n) is 1.41. The molecule has 0 unspecified atom stereocenters. The van der Waals surface area contributed by atoms with Gasteiger partial charge in [-0.1, -0.05) is 6.42 Å². The van der Waals surface area contributed by atoms with Gasteiger partial charge in [-0.15, -0.1) is 0 Å². The third-order valence-electron chi connectivity index (χ3n) is 0.749. The Labute approximate surface area is 75.1 Å². The minimum Gasteiger partial charge on any atom is -0.677 e. The molecule has 0 aromatic carbocycles. The molecule has 0 saturated heterocycles. The van der Waals surface area contributed by atoms with Crippen molar-refractivity contribution in [2.24, 2.45) is 0 Å². The topological polar surface area (TPSA) is 40.9 Å². The molecule has 0 atom stereocenters. The first kappa shape index (κ1) is 11.5. The fraction of sp³-hybridized carbons (Fsp3) is 0.800. The number of carbonyl (C=O) groups is 1. The molecule has 0 aromatic heterocycles. The van der Waals surface area contributed by atoms with E-state index in [1.807, 2.05) is 0 Å². The summed E-state index contributed by atoms with van der Waals surface area (Å²) in [5.41, 5.74) is 6.67. The van der Waals surface area contributed by atoms with Gasteiger partial charge in [-0.2, -0.15) is 6.54 Å². The van der Waals surface area contributed by atoms with E-state index in [0.29, 0.717) is 13.0 Å². The number of hydrogen-bond acceptors (Lipinski definition) is 1. The van der Waals surface area contributed by atoms with Gasteiger partial charge >= 0.3 is 0 Å². The van der Waals surface area contributed by atoms with Crippen LogP contribution in [0.15, 0.2) is 0 Å². The van der Waals surface area contributed by atoms with Crippen LogP contribution in [0.3, 0.4) is 0 Å². The van der Waals surface area contributed by atoms with Gasteiger partial charge in [0.15, 0.2) is 0 Å². The van der Waals surface area contributed by atoms with Gasteiger partial charge in [-0.3, -0.25) is 0 Å². The van der Waals surface area contributed by atoms with Crippen molar-refractivity contribution in [2.45, 2.75) is 19.3 Å². The van der Waals surface area contributed by atoms with Gasteiger partial charge in [0, 0.05) is 39.1 Å². The molecule has 0 aliphatic rings. The molecule has 0 spiro atoms. The van der Waals surface area contributed by atoms with Crippen molar-refractivity contribution in [1.82, 2.24) is 0 Å². The summed E-state index contributed by atoms with van der Waals surface area (Å²) in [6, 6.07) is 0. The predicted octanol–water partition coefficient (Wildman–Crippen LogP) is 1.41. The summed E-state index contributed by atoms with van der Waals surface area (Å²) in [6.45, 7) is 0.452. The number of hydrogen-bond donors (Lipinski definition) is 0. The second kappa shape index (κ2) is 10.7. The van der Waals surface area contributed by atoms with Crippen LogP contribution in [0.5, 0.6) is 0 Å². The Hall–Kier alpha value is 0.734. The molecule has 0 saturated carbocycles. The molecule has 0 aliphatic carbocycles. The number of carbonyl (C=O) groups excluding carboxylic acids is 1. The minimum atomic E-state index is 0. The van der Waals surface area contributed by atoms with E-state index in [-0.39, 0.29) is 32.7 Å². The molecule has 3 heteroatoms. The molecule has 0 amide bonds. The molecule has 0 fully saturated rings. The van der Waals surface area contributed by atoms with Gasteiger partial charge in [0.25, 0.3) is 0 Å². The van der Waals surface area contributed by atoms with E-state index in [0.717, 1.165) is 19.1 Å². The summed E-state index contributed by atoms with van der Waals surface area (Å²) < 4.78 is 0. The maximum Gasteiger partial charge on any atom is 0.119 e. The monoisotopic (exact) mass is 189 g/mol. The zero-order valence-electron chi connectivity index (χ0n) is 4.89. The first-order valence-corrected chi connectivity index (χ1v) is 2.50.